The predicted octanol–water partition coefficient (Wildman–Crippen LogP) is 1.76. The fourth-order valence-corrected chi connectivity index (χ4v) is 3.30. The molecule has 0 aromatic heterocycles. The van der Waals surface area contributed by atoms with Crippen molar-refractivity contribution in [1.82, 2.24) is 0 Å². The molecule has 0 spiro atoms. The minimum atomic E-state index is -3.76. The van der Waals surface area contributed by atoms with Gasteiger partial charge in [-0.05, 0) is 24.7 Å². The van der Waals surface area contributed by atoms with Gasteiger partial charge in [0.1, 0.15) is 0 Å². The first-order valence-electron chi connectivity index (χ1n) is 5.78. The van der Waals surface area contributed by atoms with Gasteiger partial charge in [0.25, 0.3) is 10.1 Å². The van der Waals surface area contributed by atoms with E-state index in [1.165, 1.54) is 0 Å². The maximum Gasteiger partial charge on any atom is 0.264 e. The van der Waals surface area contributed by atoms with Gasteiger partial charge in [-0.3, -0.25) is 4.18 Å². The Morgan fingerprint density at radius 2 is 1.93 bits per heavy atom. The molecule has 2 aliphatic carbocycles. The molecule has 3 nitrogen and oxygen atoms in total. The highest BCUT2D eigenvalue weighted by atomic mass is 35.5. The van der Waals surface area contributed by atoms with Gasteiger partial charge in [0.05, 0.1) is 20.4 Å². The maximum atomic E-state index is 11.1. The van der Waals surface area contributed by atoms with E-state index in [9.17, 15) is 8.42 Å². The molecule has 2 rings (SSSR count). The molecular weight excluding hydrogens is 224 g/mol. The van der Waals surface area contributed by atoms with Crippen LogP contribution in [0.4, 0.5) is 0 Å². The van der Waals surface area contributed by atoms with Gasteiger partial charge in [0, 0.05) is 0 Å². The summed E-state index contributed by atoms with van der Waals surface area (Å²) in [7, 11) is -3.76. The lowest BCUT2D eigenvalue weighted by atomic mass is 9.63. The van der Waals surface area contributed by atoms with Crippen LogP contribution in [0.25, 0.3) is 0 Å². The second-order valence-electron chi connectivity index (χ2n) is 4.00. The molecule has 2 saturated carbocycles. The quantitative estimate of drug-likeness (QED) is 0.546. The minimum absolute atomic E-state index is 0.123. The molecule has 14 heavy (non-hydrogen) atoms. The van der Waals surface area contributed by atoms with Crippen LogP contribution in [0.3, 0.4) is 0 Å². The summed E-state index contributed by atoms with van der Waals surface area (Å²) in [6.45, 7) is 0. The zero-order chi connectivity index (χ0) is 12.2. The smallest absolute Gasteiger partial charge is 0.264 e. The second kappa shape index (κ2) is 3.65. The van der Waals surface area contributed by atoms with Crippen molar-refractivity contribution in [3.05, 3.63) is 0 Å². The first-order valence-corrected chi connectivity index (χ1v) is 6.97. The van der Waals surface area contributed by atoms with E-state index in [4.69, 9.17) is 18.5 Å². The number of hydrogen-bond donors (Lipinski definition) is 0. The van der Waals surface area contributed by atoms with Crippen LogP contribution in [0.1, 0.15) is 28.4 Å². The summed E-state index contributed by atoms with van der Waals surface area (Å²) in [5.41, 5.74) is 0. The average Bonchev–Trinajstić information content (AvgIpc) is 2.15. The molecule has 82 valence electrons. The lowest BCUT2D eigenvalue weighted by Gasteiger charge is -2.50. The van der Waals surface area contributed by atoms with Crippen molar-refractivity contribution in [1.29, 1.82) is 0 Å². The number of rotatable bonds is 2. The maximum absolute atomic E-state index is 11.1. The largest absolute Gasteiger partial charge is 0.265 e. The van der Waals surface area contributed by atoms with E-state index < -0.39 is 21.6 Å². The number of alkyl halides is 1. The fraction of sp³-hybridized carbons (Fsp3) is 1.00. The Kier molecular flexibility index (Phi) is 2.18. The molecule has 0 aromatic carbocycles. The van der Waals surface area contributed by atoms with Gasteiger partial charge < -0.3 is 0 Å². The topological polar surface area (TPSA) is 43.4 Å². The highest BCUT2D eigenvalue weighted by molar-refractivity contribution is 7.86. The normalized spacial score (nSPS) is 55.3. The number of hydrogen-bond acceptors (Lipinski definition) is 3. The lowest BCUT2D eigenvalue weighted by molar-refractivity contribution is -0.0282. The highest BCUT2D eigenvalue weighted by Crippen LogP contribution is 2.49. The number of halogens is 1. The van der Waals surface area contributed by atoms with Gasteiger partial charge in [0.2, 0.25) is 0 Å². The Morgan fingerprint density at radius 1 is 1.36 bits per heavy atom. The summed E-state index contributed by atoms with van der Waals surface area (Å²) >= 11 is 5.98. The van der Waals surface area contributed by atoms with Gasteiger partial charge in [0.15, 0.2) is 0 Å². The molecule has 0 aliphatic heterocycles. The molecule has 0 amide bonds. The third kappa shape index (κ3) is 1.92. The van der Waals surface area contributed by atoms with Crippen LogP contribution in [0.15, 0.2) is 0 Å². The van der Waals surface area contributed by atoms with Gasteiger partial charge in [-0.15, -0.1) is 11.6 Å². The van der Waals surface area contributed by atoms with E-state index in [0.717, 1.165) is 31.9 Å². The average molecular weight is 241 g/mol. The SMILES string of the molecule is [2H]C1(Cl)C2CCCCC2C1([2H])OS(C)(=O)=O. The van der Waals surface area contributed by atoms with Crippen molar-refractivity contribution in [2.45, 2.75) is 37.1 Å². The third-order valence-corrected chi connectivity index (χ3v) is 3.85. The summed E-state index contributed by atoms with van der Waals surface area (Å²) in [5.74, 6) is -0.354. The van der Waals surface area contributed by atoms with Crippen LogP contribution in [-0.2, 0) is 14.3 Å². The zero-order valence-electron chi connectivity index (χ0n) is 9.99. The van der Waals surface area contributed by atoms with Gasteiger partial charge in [-0.25, -0.2) is 0 Å². The monoisotopic (exact) mass is 240 g/mol. The lowest BCUT2D eigenvalue weighted by Crippen LogP contribution is -2.55. The molecule has 2 aliphatic rings. The molecule has 2 fully saturated rings. The summed E-state index contributed by atoms with van der Waals surface area (Å²) in [4.78, 5) is 0. The molecule has 4 atom stereocenters. The van der Waals surface area contributed by atoms with Crippen LogP contribution in [0.5, 0.6) is 0 Å². The molecule has 0 aromatic rings. The zero-order valence-corrected chi connectivity index (χ0v) is 9.57. The van der Waals surface area contributed by atoms with E-state index in [1.807, 2.05) is 0 Å². The van der Waals surface area contributed by atoms with Crippen molar-refractivity contribution >= 4 is 21.7 Å². The third-order valence-electron chi connectivity index (χ3n) is 2.90. The second-order valence-corrected chi connectivity index (χ2v) is 5.98. The summed E-state index contributed by atoms with van der Waals surface area (Å²) in [6, 6.07) is 0. The van der Waals surface area contributed by atoms with Crippen LogP contribution < -0.4 is 0 Å². The Labute approximate surface area is 92.7 Å². The first kappa shape index (κ1) is 8.36. The molecule has 0 N–H and O–H groups in total. The van der Waals surface area contributed by atoms with Crippen molar-refractivity contribution in [3.8, 4) is 0 Å². The summed E-state index contributed by atoms with van der Waals surface area (Å²) in [5, 5.41) is -1.64. The van der Waals surface area contributed by atoms with Crippen LogP contribution in [0, 0.1) is 11.8 Å². The highest BCUT2D eigenvalue weighted by Gasteiger charge is 2.52. The van der Waals surface area contributed by atoms with E-state index in [2.05, 4.69) is 0 Å². The van der Waals surface area contributed by atoms with Crippen LogP contribution in [-0.4, -0.2) is 26.1 Å². The molecule has 0 bridgehead atoms. The molecule has 0 heterocycles. The fourth-order valence-electron chi connectivity index (χ4n) is 2.28. The van der Waals surface area contributed by atoms with Gasteiger partial charge in [-0.2, -0.15) is 8.42 Å². The van der Waals surface area contributed by atoms with Crippen molar-refractivity contribution < 1.29 is 15.3 Å². The molecule has 4 unspecified atom stereocenters. The summed E-state index contributed by atoms with van der Waals surface area (Å²) in [6.07, 6.45) is 2.52. The van der Waals surface area contributed by atoms with Crippen molar-refractivity contribution in [2.24, 2.45) is 11.8 Å². The number of fused-ring (bicyclic) bond motifs is 1. The van der Waals surface area contributed by atoms with Crippen molar-refractivity contribution in [2.75, 3.05) is 6.26 Å². The van der Waals surface area contributed by atoms with E-state index in [0.29, 0.717) is 0 Å². The van der Waals surface area contributed by atoms with Crippen LogP contribution in [0.2, 0.25) is 0 Å². The standard InChI is InChI=1S/C9H15ClO3S/c1-14(11,12)13-9-7-5-3-2-4-6(7)8(9)10/h6-9H,2-5H2,1H3/i8D,9D. The molecule has 0 radical (unpaired) electrons. The van der Waals surface area contributed by atoms with Gasteiger partial charge >= 0.3 is 0 Å². The van der Waals surface area contributed by atoms with E-state index in [-0.39, 0.29) is 11.8 Å². The Bertz CT molecular complexity index is 398. The Morgan fingerprint density at radius 3 is 2.50 bits per heavy atom. The molecule has 0 saturated heterocycles. The molecule has 5 heteroatoms. The van der Waals surface area contributed by atoms with Crippen LogP contribution >= 0.6 is 11.6 Å². The Hall–Kier alpha value is 0.200. The Balaban J connectivity index is 2.26. The predicted molar refractivity (Wildman–Crippen MR) is 54.8 cm³/mol. The minimum Gasteiger partial charge on any atom is -0.265 e. The van der Waals surface area contributed by atoms with E-state index >= 15 is 0 Å². The first-order chi connectivity index (χ1) is 7.18. The van der Waals surface area contributed by atoms with Crippen molar-refractivity contribution in [3.63, 3.8) is 0 Å². The van der Waals surface area contributed by atoms with E-state index in [1.54, 1.807) is 0 Å². The summed E-state index contributed by atoms with van der Waals surface area (Å²) < 4.78 is 42.9. The van der Waals surface area contributed by atoms with Gasteiger partial charge in [-0.1, -0.05) is 12.8 Å². The molecular formula is C9H15ClO3S.